The first kappa shape index (κ1) is 18.2. The molecule has 1 fully saturated rings. The van der Waals surface area contributed by atoms with Crippen LogP contribution < -0.4 is 10.2 Å². The van der Waals surface area contributed by atoms with E-state index in [1.807, 2.05) is 11.8 Å². The molecule has 0 aliphatic carbocycles. The minimum Gasteiger partial charge on any atom is -0.366 e. The predicted molar refractivity (Wildman–Crippen MR) is 95.5 cm³/mol. The Morgan fingerprint density at radius 3 is 2.50 bits per heavy atom. The summed E-state index contributed by atoms with van der Waals surface area (Å²) in [5, 5.41) is 14.3. The van der Waals surface area contributed by atoms with Crippen molar-refractivity contribution in [3.63, 3.8) is 0 Å². The number of anilines is 1. The Balaban J connectivity index is 2.11. The van der Waals surface area contributed by atoms with Gasteiger partial charge in [-0.1, -0.05) is 13.8 Å². The van der Waals surface area contributed by atoms with Crippen LogP contribution in [-0.4, -0.2) is 30.0 Å². The van der Waals surface area contributed by atoms with E-state index in [1.165, 1.54) is 6.07 Å². The molecule has 1 N–H and O–H groups in total. The molecule has 24 heavy (non-hydrogen) atoms. The smallest absolute Gasteiger partial charge is 0.293 e. The molecule has 0 aromatic heterocycles. The molecule has 1 heterocycles. The minimum absolute atomic E-state index is 0.0133. The molecule has 0 radical (unpaired) electrons. The van der Waals surface area contributed by atoms with Gasteiger partial charge in [-0.25, -0.2) is 0 Å². The Bertz CT molecular complexity index is 595. The SMILES string of the molecule is CC(C)CCC(C)NC(=O)c1ccc(N2CCCC2)c([N+](=O)[O-])c1. The lowest BCUT2D eigenvalue weighted by atomic mass is 10.0. The second-order valence-corrected chi connectivity index (χ2v) is 7.00. The monoisotopic (exact) mass is 333 g/mol. The summed E-state index contributed by atoms with van der Waals surface area (Å²) in [6.07, 6.45) is 4.03. The highest BCUT2D eigenvalue weighted by molar-refractivity contribution is 5.96. The third-order valence-corrected chi connectivity index (χ3v) is 4.44. The second kappa shape index (κ2) is 8.13. The molecule has 1 amide bonds. The van der Waals surface area contributed by atoms with Crippen LogP contribution in [0.5, 0.6) is 0 Å². The number of benzene rings is 1. The standard InChI is InChI=1S/C18H27N3O3/c1-13(2)6-7-14(3)19-18(22)15-8-9-16(17(12-15)21(23)24)20-10-4-5-11-20/h8-9,12-14H,4-7,10-11H2,1-3H3,(H,19,22). The number of carbonyl (C=O) groups excluding carboxylic acids is 1. The fourth-order valence-electron chi connectivity index (χ4n) is 3.00. The quantitative estimate of drug-likeness (QED) is 0.609. The predicted octanol–water partition coefficient (Wildman–Crippen LogP) is 3.75. The van der Waals surface area contributed by atoms with Crippen molar-refractivity contribution in [2.24, 2.45) is 5.92 Å². The molecule has 1 saturated heterocycles. The van der Waals surface area contributed by atoms with Gasteiger partial charge >= 0.3 is 0 Å². The van der Waals surface area contributed by atoms with Crippen LogP contribution in [0.15, 0.2) is 18.2 Å². The summed E-state index contributed by atoms with van der Waals surface area (Å²) in [5.41, 5.74) is 0.974. The molecular formula is C18H27N3O3. The third-order valence-electron chi connectivity index (χ3n) is 4.44. The van der Waals surface area contributed by atoms with Crippen molar-refractivity contribution in [2.75, 3.05) is 18.0 Å². The summed E-state index contributed by atoms with van der Waals surface area (Å²) in [6, 6.07) is 4.85. The number of hydrogen-bond donors (Lipinski definition) is 1. The summed E-state index contributed by atoms with van der Waals surface area (Å²) < 4.78 is 0. The molecule has 1 aliphatic heterocycles. The van der Waals surface area contributed by atoms with Gasteiger partial charge in [0, 0.05) is 30.8 Å². The number of hydrogen-bond acceptors (Lipinski definition) is 4. The van der Waals surface area contributed by atoms with E-state index in [0.29, 0.717) is 17.2 Å². The highest BCUT2D eigenvalue weighted by Gasteiger charge is 2.24. The van der Waals surface area contributed by atoms with Crippen molar-refractivity contribution < 1.29 is 9.72 Å². The molecule has 1 aromatic rings. The molecule has 132 valence electrons. The van der Waals surface area contributed by atoms with Gasteiger partial charge in [0.05, 0.1) is 4.92 Å². The van der Waals surface area contributed by atoms with Crippen LogP contribution in [0, 0.1) is 16.0 Å². The molecule has 1 unspecified atom stereocenters. The van der Waals surface area contributed by atoms with E-state index in [-0.39, 0.29) is 17.6 Å². The van der Waals surface area contributed by atoms with Crippen molar-refractivity contribution >= 4 is 17.3 Å². The number of nitrogens with zero attached hydrogens (tertiary/aromatic N) is 2. The van der Waals surface area contributed by atoms with Crippen molar-refractivity contribution in [2.45, 2.75) is 52.5 Å². The summed E-state index contributed by atoms with van der Waals surface area (Å²) in [5.74, 6) is 0.340. The maximum Gasteiger partial charge on any atom is 0.293 e. The number of amides is 1. The first-order valence-corrected chi connectivity index (χ1v) is 8.72. The maximum absolute atomic E-state index is 12.4. The van der Waals surface area contributed by atoms with Crippen molar-refractivity contribution in [3.05, 3.63) is 33.9 Å². The Hall–Kier alpha value is -2.11. The molecule has 0 spiro atoms. The molecule has 1 aliphatic rings. The van der Waals surface area contributed by atoms with Crippen LogP contribution >= 0.6 is 0 Å². The van der Waals surface area contributed by atoms with Gasteiger partial charge in [-0.2, -0.15) is 0 Å². The van der Waals surface area contributed by atoms with Gasteiger partial charge in [0.25, 0.3) is 11.6 Å². The molecule has 0 saturated carbocycles. The Morgan fingerprint density at radius 2 is 1.92 bits per heavy atom. The first-order chi connectivity index (χ1) is 11.4. The van der Waals surface area contributed by atoms with Gasteiger partial charge in [0.1, 0.15) is 5.69 Å². The normalized spacial score (nSPS) is 15.6. The minimum atomic E-state index is -0.396. The lowest BCUT2D eigenvalue weighted by Crippen LogP contribution is -2.32. The molecular weight excluding hydrogens is 306 g/mol. The summed E-state index contributed by atoms with van der Waals surface area (Å²) >= 11 is 0. The molecule has 6 heteroatoms. The fourth-order valence-corrected chi connectivity index (χ4v) is 3.00. The lowest BCUT2D eigenvalue weighted by molar-refractivity contribution is -0.384. The van der Waals surface area contributed by atoms with E-state index in [4.69, 9.17) is 0 Å². The van der Waals surface area contributed by atoms with E-state index < -0.39 is 4.92 Å². The molecule has 6 nitrogen and oxygen atoms in total. The molecule has 0 bridgehead atoms. The second-order valence-electron chi connectivity index (χ2n) is 7.00. The van der Waals surface area contributed by atoms with Crippen LogP contribution in [0.4, 0.5) is 11.4 Å². The zero-order valence-corrected chi connectivity index (χ0v) is 14.7. The molecule has 1 atom stereocenters. The van der Waals surface area contributed by atoms with Gasteiger partial charge in [0.15, 0.2) is 0 Å². The van der Waals surface area contributed by atoms with Gasteiger partial charge in [-0.05, 0) is 50.7 Å². The van der Waals surface area contributed by atoms with E-state index in [1.54, 1.807) is 12.1 Å². The average molecular weight is 333 g/mol. The van der Waals surface area contributed by atoms with Crippen LogP contribution in [0.2, 0.25) is 0 Å². The summed E-state index contributed by atoms with van der Waals surface area (Å²) in [7, 11) is 0. The first-order valence-electron chi connectivity index (χ1n) is 8.72. The van der Waals surface area contributed by atoms with E-state index in [2.05, 4.69) is 19.2 Å². The Labute approximate surface area is 143 Å². The lowest BCUT2D eigenvalue weighted by Gasteiger charge is -2.18. The zero-order valence-electron chi connectivity index (χ0n) is 14.7. The topological polar surface area (TPSA) is 75.5 Å². The van der Waals surface area contributed by atoms with E-state index in [9.17, 15) is 14.9 Å². The third kappa shape index (κ3) is 4.69. The van der Waals surface area contributed by atoms with E-state index >= 15 is 0 Å². The van der Waals surface area contributed by atoms with Crippen LogP contribution in [0.1, 0.15) is 56.8 Å². The van der Waals surface area contributed by atoms with Crippen molar-refractivity contribution in [3.8, 4) is 0 Å². The zero-order chi connectivity index (χ0) is 17.7. The van der Waals surface area contributed by atoms with Crippen molar-refractivity contribution in [1.82, 2.24) is 5.32 Å². The fraction of sp³-hybridized carbons (Fsp3) is 0.611. The van der Waals surface area contributed by atoms with E-state index in [0.717, 1.165) is 38.8 Å². The summed E-state index contributed by atoms with van der Waals surface area (Å²) in [6.45, 7) is 7.93. The van der Waals surface area contributed by atoms with Gasteiger partial charge < -0.3 is 10.2 Å². The van der Waals surface area contributed by atoms with Gasteiger partial charge in [-0.15, -0.1) is 0 Å². The number of rotatable bonds is 7. The highest BCUT2D eigenvalue weighted by Crippen LogP contribution is 2.31. The Morgan fingerprint density at radius 1 is 1.25 bits per heavy atom. The maximum atomic E-state index is 12.4. The van der Waals surface area contributed by atoms with Crippen LogP contribution in [0.3, 0.4) is 0 Å². The number of nitro groups is 1. The molecule has 1 aromatic carbocycles. The Kier molecular flexibility index (Phi) is 6.17. The number of carbonyl (C=O) groups is 1. The average Bonchev–Trinajstić information content (AvgIpc) is 3.06. The molecule has 2 rings (SSSR count). The van der Waals surface area contributed by atoms with Gasteiger partial charge in [0.2, 0.25) is 0 Å². The largest absolute Gasteiger partial charge is 0.366 e. The summed E-state index contributed by atoms with van der Waals surface area (Å²) in [4.78, 5) is 25.4. The number of nitrogens with one attached hydrogen (secondary N) is 1. The van der Waals surface area contributed by atoms with Crippen LogP contribution in [-0.2, 0) is 0 Å². The van der Waals surface area contributed by atoms with Gasteiger partial charge in [-0.3, -0.25) is 14.9 Å². The van der Waals surface area contributed by atoms with Crippen molar-refractivity contribution in [1.29, 1.82) is 0 Å². The van der Waals surface area contributed by atoms with Crippen LogP contribution in [0.25, 0.3) is 0 Å². The number of nitro benzene ring substituents is 1. The highest BCUT2D eigenvalue weighted by atomic mass is 16.6.